The molecule has 1 saturated heterocycles. The Morgan fingerprint density at radius 2 is 2.05 bits per heavy atom. The summed E-state index contributed by atoms with van der Waals surface area (Å²) < 4.78 is 29.2. The Morgan fingerprint density at radius 1 is 1.33 bits per heavy atom. The molecule has 21 heavy (non-hydrogen) atoms. The third-order valence-corrected chi connectivity index (χ3v) is 5.59. The quantitative estimate of drug-likeness (QED) is 0.941. The maximum Gasteiger partial charge on any atom is 0.201 e. The highest BCUT2D eigenvalue weighted by Gasteiger charge is 2.36. The highest BCUT2D eigenvalue weighted by molar-refractivity contribution is 7.90. The molecule has 0 unspecified atom stereocenters. The van der Waals surface area contributed by atoms with Gasteiger partial charge in [0.15, 0.2) is 15.4 Å². The number of aromatic nitrogens is 1. The van der Waals surface area contributed by atoms with Crippen LogP contribution in [-0.4, -0.2) is 32.7 Å². The molecule has 2 heterocycles. The van der Waals surface area contributed by atoms with Crippen LogP contribution in [0.4, 0.5) is 0 Å². The molecule has 1 aromatic heterocycles. The van der Waals surface area contributed by atoms with Gasteiger partial charge >= 0.3 is 0 Å². The van der Waals surface area contributed by atoms with E-state index in [1.54, 1.807) is 18.2 Å². The Morgan fingerprint density at radius 3 is 2.67 bits per heavy atom. The van der Waals surface area contributed by atoms with Gasteiger partial charge in [0.1, 0.15) is 5.52 Å². The SMILES string of the molecule is CCC1(c2nc3cc(S(C)(=O)=O)ccc3o2)CCNCC1. The second-order valence-electron chi connectivity index (χ2n) is 5.80. The average molecular weight is 308 g/mol. The second-order valence-corrected chi connectivity index (χ2v) is 7.82. The maximum absolute atomic E-state index is 11.6. The lowest BCUT2D eigenvalue weighted by Crippen LogP contribution is -2.39. The number of oxazole rings is 1. The smallest absolute Gasteiger partial charge is 0.201 e. The first kappa shape index (κ1) is 14.5. The molecular formula is C15H20N2O3S. The molecule has 0 spiro atoms. The van der Waals surface area contributed by atoms with Gasteiger partial charge in [0.25, 0.3) is 0 Å². The third kappa shape index (κ3) is 2.58. The lowest BCUT2D eigenvalue weighted by molar-refractivity contribution is 0.243. The summed E-state index contributed by atoms with van der Waals surface area (Å²) in [6.45, 7) is 4.07. The van der Waals surface area contributed by atoms with Crippen molar-refractivity contribution in [1.82, 2.24) is 10.3 Å². The van der Waals surface area contributed by atoms with Crippen molar-refractivity contribution in [2.24, 2.45) is 0 Å². The first-order valence-electron chi connectivity index (χ1n) is 7.26. The van der Waals surface area contributed by atoms with Gasteiger partial charge in [0.2, 0.25) is 5.89 Å². The van der Waals surface area contributed by atoms with E-state index in [2.05, 4.69) is 17.2 Å². The molecule has 0 aliphatic carbocycles. The monoisotopic (exact) mass is 308 g/mol. The summed E-state index contributed by atoms with van der Waals surface area (Å²) >= 11 is 0. The molecule has 1 aliphatic heterocycles. The molecule has 3 rings (SSSR count). The van der Waals surface area contributed by atoms with Crippen molar-refractivity contribution in [3.05, 3.63) is 24.1 Å². The third-order valence-electron chi connectivity index (χ3n) is 4.48. The summed E-state index contributed by atoms with van der Waals surface area (Å²) in [5, 5.41) is 3.36. The fourth-order valence-electron chi connectivity index (χ4n) is 2.99. The summed E-state index contributed by atoms with van der Waals surface area (Å²) in [6.07, 6.45) is 4.17. The van der Waals surface area contributed by atoms with Crippen molar-refractivity contribution >= 4 is 20.9 Å². The van der Waals surface area contributed by atoms with Crippen molar-refractivity contribution in [1.29, 1.82) is 0 Å². The molecule has 0 bridgehead atoms. The molecule has 1 aliphatic rings. The van der Waals surface area contributed by atoms with Crippen LogP contribution >= 0.6 is 0 Å². The molecule has 1 N–H and O–H groups in total. The summed E-state index contributed by atoms with van der Waals surface area (Å²) in [4.78, 5) is 4.88. The van der Waals surface area contributed by atoms with E-state index >= 15 is 0 Å². The number of nitrogens with zero attached hydrogens (tertiary/aromatic N) is 1. The molecule has 0 saturated carbocycles. The first-order chi connectivity index (χ1) is 9.94. The number of benzene rings is 1. The minimum absolute atomic E-state index is 0.0322. The largest absolute Gasteiger partial charge is 0.440 e. The zero-order valence-electron chi connectivity index (χ0n) is 12.3. The molecule has 1 fully saturated rings. The molecule has 0 radical (unpaired) electrons. The Balaban J connectivity index is 2.08. The van der Waals surface area contributed by atoms with Crippen molar-refractivity contribution in [2.45, 2.75) is 36.5 Å². The summed E-state index contributed by atoms with van der Waals surface area (Å²) in [6, 6.07) is 4.88. The minimum atomic E-state index is -3.22. The van der Waals surface area contributed by atoms with E-state index in [1.807, 2.05) is 0 Å². The van der Waals surface area contributed by atoms with E-state index in [-0.39, 0.29) is 10.3 Å². The van der Waals surface area contributed by atoms with E-state index in [0.717, 1.165) is 38.2 Å². The van der Waals surface area contributed by atoms with Crippen molar-refractivity contribution in [3.8, 4) is 0 Å². The lowest BCUT2D eigenvalue weighted by atomic mass is 9.76. The summed E-state index contributed by atoms with van der Waals surface area (Å²) in [7, 11) is -3.22. The molecule has 5 nitrogen and oxygen atoms in total. The van der Waals surface area contributed by atoms with Crippen LogP contribution in [0.2, 0.25) is 0 Å². The molecule has 114 valence electrons. The molecule has 0 atom stereocenters. The number of fused-ring (bicyclic) bond motifs is 1. The van der Waals surface area contributed by atoms with Gasteiger partial charge in [-0.05, 0) is 50.6 Å². The predicted octanol–water partition coefficient (Wildman–Crippen LogP) is 2.26. The Labute approximate surface area is 124 Å². The lowest BCUT2D eigenvalue weighted by Gasteiger charge is -2.33. The van der Waals surface area contributed by atoms with E-state index in [4.69, 9.17) is 4.42 Å². The van der Waals surface area contributed by atoms with Gasteiger partial charge in [-0.1, -0.05) is 6.92 Å². The van der Waals surface area contributed by atoms with Crippen LogP contribution in [0.5, 0.6) is 0 Å². The predicted molar refractivity (Wildman–Crippen MR) is 81.2 cm³/mol. The van der Waals surface area contributed by atoms with Gasteiger partial charge in [-0.2, -0.15) is 0 Å². The zero-order valence-corrected chi connectivity index (χ0v) is 13.2. The molecule has 1 aromatic carbocycles. The van der Waals surface area contributed by atoms with Crippen LogP contribution in [0.1, 0.15) is 32.1 Å². The van der Waals surface area contributed by atoms with Crippen LogP contribution in [0.15, 0.2) is 27.5 Å². The molecule has 2 aromatic rings. The summed E-state index contributed by atoms with van der Waals surface area (Å²) in [5.74, 6) is 0.743. The number of hydrogen-bond donors (Lipinski definition) is 1. The minimum Gasteiger partial charge on any atom is -0.440 e. The summed E-state index contributed by atoms with van der Waals surface area (Å²) in [5.41, 5.74) is 1.25. The number of hydrogen-bond acceptors (Lipinski definition) is 5. The van der Waals surface area contributed by atoms with E-state index < -0.39 is 9.84 Å². The van der Waals surface area contributed by atoms with E-state index in [0.29, 0.717) is 11.1 Å². The first-order valence-corrected chi connectivity index (χ1v) is 9.16. The zero-order chi connectivity index (χ0) is 15.1. The van der Waals surface area contributed by atoms with Crippen molar-refractivity contribution in [2.75, 3.05) is 19.3 Å². The van der Waals surface area contributed by atoms with Crippen LogP contribution in [0.25, 0.3) is 11.1 Å². The van der Waals surface area contributed by atoms with Crippen molar-refractivity contribution in [3.63, 3.8) is 0 Å². The van der Waals surface area contributed by atoms with Crippen LogP contribution in [0.3, 0.4) is 0 Å². The van der Waals surface area contributed by atoms with Gasteiger partial charge in [-0.3, -0.25) is 0 Å². The van der Waals surface area contributed by atoms with Crippen LogP contribution in [-0.2, 0) is 15.3 Å². The van der Waals surface area contributed by atoms with E-state index in [9.17, 15) is 8.42 Å². The van der Waals surface area contributed by atoms with Gasteiger partial charge in [-0.15, -0.1) is 0 Å². The second kappa shape index (κ2) is 5.10. The Hall–Kier alpha value is -1.40. The standard InChI is InChI=1S/C15H20N2O3S/c1-3-15(6-8-16-9-7-15)14-17-12-10-11(21(2,18)19)4-5-13(12)20-14/h4-5,10,16H,3,6-9H2,1-2H3. The molecule has 0 amide bonds. The molecule has 6 heteroatoms. The highest BCUT2D eigenvalue weighted by Crippen LogP contribution is 2.37. The Bertz CT molecular complexity index is 758. The van der Waals surface area contributed by atoms with E-state index in [1.165, 1.54) is 6.26 Å². The van der Waals surface area contributed by atoms with Gasteiger partial charge in [-0.25, -0.2) is 13.4 Å². The molecular weight excluding hydrogens is 288 g/mol. The Kier molecular flexibility index (Phi) is 3.53. The average Bonchev–Trinajstić information content (AvgIpc) is 2.90. The fourth-order valence-corrected chi connectivity index (χ4v) is 3.63. The topological polar surface area (TPSA) is 72.2 Å². The fraction of sp³-hybridized carbons (Fsp3) is 0.533. The van der Waals surface area contributed by atoms with Gasteiger partial charge in [0, 0.05) is 11.7 Å². The van der Waals surface area contributed by atoms with Gasteiger partial charge in [0.05, 0.1) is 4.90 Å². The van der Waals surface area contributed by atoms with Crippen LogP contribution < -0.4 is 5.32 Å². The number of nitrogens with one attached hydrogen (secondary N) is 1. The number of piperidine rings is 1. The highest BCUT2D eigenvalue weighted by atomic mass is 32.2. The van der Waals surface area contributed by atoms with Crippen molar-refractivity contribution < 1.29 is 12.8 Å². The maximum atomic E-state index is 11.6. The number of rotatable bonds is 3. The van der Waals surface area contributed by atoms with Crippen LogP contribution in [0, 0.1) is 0 Å². The number of sulfone groups is 1. The van der Waals surface area contributed by atoms with Gasteiger partial charge < -0.3 is 9.73 Å². The normalized spacial score (nSPS) is 19.0.